The summed E-state index contributed by atoms with van der Waals surface area (Å²) >= 11 is 13.6. The topological polar surface area (TPSA) is 81.4 Å². The van der Waals surface area contributed by atoms with E-state index in [1.165, 1.54) is 30.6 Å². The van der Waals surface area contributed by atoms with E-state index in [-0.39, 0.29) is 22.2 Å². The molecule has 1 N–H and O–H groups in total. The van der Waals surface area contributed by atoms with Gasteiger partial charge in [0.2, 0.25) is 4.96 Å². The summed E-state index contributed by atoms with van der Waals surface area (Å²) in [6, 6.07) is 10.4. The molecule has 0 spiro atoms. The molecule has 4 aromatic rings. The van der Waals surface area contributed by atoms with Crippen molar-refractivity contribution in [3.63, 3.8) is 0 Å². The van der Waals surface area contributed by atoms with Crippen LogP contribution in [0.5, 0.6) is 5.75 Å². The van der Waals surface area contributed by atoms with Crippen molar-refractivity contribution in [3.8, 4) is 16.3 Å². The monoisotopic (exact) mass is 447 g/mol. The minimum atomic E-state index is -0.380. The van der Waals surface area contributed by atoms with Crippen molar-refractivity contribution in [1.29, 1.82) is 0 Å². The summed E-state index contributed by atoms with van der Waals surface area (Å²) in [6.45, 7) is 2.00. The van der Waals surface area contributed by atoms with Crippen LogP contribution in [0.4, 0.5) is 5.69 Å². The molecule has 0 atom stereocenters. The third-order valence-electron chi connectivity index (χ3n) is 4.20. The number of aromatic nitrogens is 4. The van der Waals surface area contributed by atoms with Crippen LogP contribution in [0.25, 0.3) is 15.5 Å². The highest BCUT2D eigenvalue weighted by molar-refractivity contribution is 7.19. The SMILES string of the molecule is CCc1nnc2sc(-c3cccc(NC(=O)c4cc(Cl)cc(Cl)c4OC)c3)nn12. The fraction of sp³-hybridized carbons (Fsp3) is 0.158. The number of carbonyl (C=O) groups excluding carboxylic acids is 1. The van der Waals surface area contributed by atoms with Crippen LogP contribution in [0.15, 0.2) is 36.4 Å². The molecule has 2 aromatic heterocycles. The predicted octanol–water partition coefficient (Wildman–Crippen LogP) is 4.98. The van der Waals surface area contributed by atoms with E-state index in [4.69, 9.17) is 27.9 Å². The maximum atomic E-state index is 12.8. The molecule has 2 aromatic carbocycles. The average Bonchev–Trinajstić information content (AvgIpc) is 3.28. The number of benzene rings is 2. The maximum absolute atomic E-state index is 12.8. The normalized spacial score (nSPS) is 11.0. The smallest absolute Gasteiger partial charge is 0.259 e. The quantitative estimate of drug-likeness (QED) is 0.466. The van der Waals surface area contributed by atoms with E-state index in [2.05, 4.69) is 20.6 Å². The first kappa shape index (κ1) is 19.6. The van der Waals surface area contributed by atoms with Crippen molar-refractivity contribution in [2.75, 3.05) is 12.4 Å². The summed E-state index contributed by atoms with van der Waals surface area (Å²) in [4.78, 5) is 13.5. The molecule has 29 heavy (non-hydrogen) atoms. The number of hydrogen-bond acceptors (Lipinski definition) is 6. The molecule has 0 aliphatic heterocycles. The fourth-order valence-electron chi connectivity index (χ4n) is 2.86. The number of amides is 1. The van der Waals surface area contributed by atoms with E-state index >= 15 is 0 Å². The number of aryl methyl sites for hydroxylation is 1. The van der Waals surface area contributed by atoms with Crippen LogP contribution in [0, 0.1) is 0 Å². The summed E-state index contributed by atoms with van der Waals surface area (Å²) < 4.78 is 6.99. The second-order valence-corrected chi connectivity index (χ2v) is 7.87. The average molecular weight is 448 g/mol. The van der Waals surface area contributed by atoms with Gasteiger partial charge < -0.3 is 10.1 Å². The predicted molar refractivity (Wildman–Crippen MR) is 114 cm³/mol. The number of halogens is 2. The summed E-state index contributed by atoms with van der Waals surface area (Å²) in [7, 11) is 1.45. The highest BCUT2D eigenvalue weighted by atomic mass is 35.5. The molecule has 4 rings (SSSR count). The van der Waals surface area contributed by atoms with Crippen molar-refractivity contribution in [2.45, 2.75) is 13.3 Å². The first-order valence-corrected chi connectivity index (χ1v) is 10.2. The fourth-order valence-corrected chi connectivity index (χ4v) is 4.28. The van der Waals surface area contributed by atoms with Crippen LogP contribution < -0.4 is 10.1 Å². The third kappa shape index (κ3) is 3.78. The lowest BCUT2D eigenvalue weighted by Gasteiger charge is -2.12. The highest BCUT2D eigenvalue weighted by Crippen LogP contribution is 2.33. The van der Waals surface area contributed by atoms with Gasteiger partial charge in [0.15, 0.2) is 5.82 Å². The van der Waals surface area contributed by atoms with E-state index in [1.807, 2.05) is 25.1 Å². The summed E-state index contributed by atoms with van der Waals surface area (Å²) in [5.41, 5.74) is 1.71. The molecule has 148 valence electrons. The van der Waals surface area contributed by atoms with Crippen molar-refractivity contribution in [3.05, 3.63) is 57.8 Å². The van der Waals surface area contributed by atoms with Crippen molar-refractivity contribution < 1.29 is 9.53 Å². The first-order chi connectivity index (χ1) is 14.0. The van der Waals surface area contributed by atoms with Crippen LogP contribution in [0.3, 0.4) is 0 Å². The highest BCUT2D eigenvalue weighted by Gasteiger charge is 2.18. The van der Waals surface area contributed by atoms with Gasteiger partial charge in [-0.25, -0.2) is 0 Å². The van der Waals surface area contributed by atoms with Crippen molar-refractivity contribution >= 4 is 51.1 Å². The van der Waals surface area contributed by atoms with E-state index in [1.54, 1.807) is 10.6 Å². The van der Waals surface area contributed by atoms with E-state index < -0.39 is 0 Å². The first-order valence-electron chi connectivity index (χ1n) is 8.66. The summed E-state index contributed by atoms with van der Waals surface area (Å²) in [5.74, 6) is 0.692. The lowest BCUT2D eigenvalue weighted by atomic mass is 10.1. The number of hydrogen-bond donors (Lipinski definition) is 1. The second kappa shape index (κ2) is 7.98. The number of methoxy groups -OCH3 is 1. The van der Waals surface area contributed by atoms with Gasteiger partial charge in [-0.05, 0) is 24.3 Å². The van der Waals surface area contributed by atoms with Gasteiger partial charge >= 0.3 is 0 Å². The molecule has 0 fully saturated rings. The number of ether oxygens (including phenoxy) is 1. The molecule has 10 heteroatoms. The van der Waals surface area contributed by atoms with Gasteiger partial charge in [0, 0.05) is 22.7 Å². The van der Waals surface area contributed by atoms with Gasteiger partial charge in [-0.1, -0.05) is 53.6 Å². The molecular weight excluding hydrogens is 433 g/mol. The van der Waals surface area contributed by atoms with Gasteiger partial charge in [0.1, 0.15) is 10.8 Å². The molecule has 1 amide bonds. The van der Waals surface area contributed by atoms with E-state index in [0.717, 1.165) is 27.8 Å². The van der Waals surface area contributed by atoms with Crippen molar-refractivity contribution in [2.24, 2.45) is 0 Å². The van der Waals surface area contributed by atoms with E-state index in [0.29, 0.717) is 10.7 Å². The molecule has 0 saturated heterocycles. The zero-order chi connectivity index (χ0) is 20.5. The number of nitrogens with zero attached hydrogens (tertiary/aromatic N) is 4. The largest absolute Gasteiger partial charge is 0.494 e. The van der Waals surface area contributed by atoms with Crippen LogP contribution in [0.1, 0.15) is 23.1 Å². The molecule has 0 unspecified atom stereocenters. The zero-order valence-electron chi connectivity index (χ0n) is 15.4. The van der Waals surface area contributed by atoms with Gasteiger partial charge in [-0.3, -0.25) is 4.79 Å². The van der Waals surface area contributed by atoms with Gasteiger partial charge in [-0.15, -0.1) is 10.2 Å². The Bertz CT molecular complexity index is 1220. The molecule has 7 nitrogen and oxygen atoms in total. The van der Waals surface area contributed by atoms with Crippen LogP contribution in [-0.2, 0) is 6.42 Å². The molecule has 0 bridgehead atoms. The second-order valence-electron chi connectivity index (χ2n) is 6.07. The summed E-state index contributed by atoms with van der Waals surface area (Å²) in [5, 5.41) is 17.1. The number of anilines is 1. The Labute approximate surface area is 180 Å². The van der Waals surface area contributed by atoms with Crippen LogP contribution in [0.2, 0.25) is 10.0 Å². The lowest BCUT2D eigenvalue weighted by molar-refractivity contribution is 0.102. The Hall–Kier alpha value is -2.68. The molecule has 0 radical (unpaired) electrons. The lowest BCUT2D eigenvalue weighted by Crippen LogP contribution is -2.13. The zero-order valence-corrected chi connectivity index (χ0v) is 17.8. The molecule has 0 saturated carbocycles. The minimum absolute atomic E-state index is 0.252. The maximum Gasteiger partial charge on any atom is 0.259 e. The van der Waals surface area contributed by atoms with Gasteiger partial charge in [0.05, 0.1) is 17.7 Å². The standard InChI is InChI=1S/C19H15Cl2N5O2S/c1-3-15-23-24-19-26(15)25-18(29-19)10-5-4-6-12(7-10)22-17(27)13-8-11(20)9-14(21)16(13)28-2/h4-9H,3H2,1-2H3,(H,22,27). The van der Waals surface area contributed by atoms with E-state index in [9.17, 15) is 4.79 Å². The Morgan fingerprint density at radius 1 is 1.24 bits per heavy atom. The molecular formula is C19H15Cl2N5O2S. The molecule has 0 aliphatic rings. The Morgan fingerprint density at radius 2 is 2.07 bits per heavy atom. The Kier molecular flexibility index (Phi) is 5.40. The number of fused-ring (bicyclic) bond motifs is 1. The van der Waals surface area contributed by atoms with Gasteiger partial charge in [0.25, 0.3) is 5.91 Å². The van der Waals surface area contributed by atoms with Gasteiger partial charge in [-0.2, -0.15) is 9.61 Å². The third-order valence-corrected chi connectivity index (χ3v) is 5.64. The molecule has 0 aliphatic carbocycles. The Balaban J connectivity index is 1.64. The molecule has 2 heterocycles. The number of carbonyl (C=O) groups is 1. The van der Waals surface area contributed by atoms with Crippen LogP contribution >= 0.6 is 34.5 Å². The minimum Gasteiger partial charge on any atom is -0.494 e. The summed E-state index contributed by atoms with van der Waals surface area (Å²) in [6.07, 6.45) is 0.741. The number of nitrogens with one attached hydrogen (secondary N) is 1. The number of rotatable bonds is 5. The van der Waals surface area contributed by atoms with Crippen molar-refractivity contribution in [1.82, 2.24) is 19.8 Å². The Morgan fingerprint density at radius 3 is 2.83 bits per heavy atom. The van der Waals surface area contributed by atoms with Crippen LogP contribution in [-0.4, -0.2) is 32.8 Å².